The lowest BCUT2D eigenvalue weighted by Crippen LogP contribution is -2.37. The van der Waals surface area contributed by atoms with Crippen LogP contribution in [0.5, 0.6) is 5.75 Å². The Labute approximate surface area is 145 Å². The van der Waals surface area contributed by atoms with Crippen LogP contribution in [0, 0.1) is 0 Å². The van der Waals surface area contributed by atoms with Gasteiger partial charge in [0.15, 0.2) is 0 Å². The fourth-order valence-electron chi connectivity index (χ4n) is 1.91. The van der Waals surface area contributed by atoms with Gasteiger partial charge in [-0.2, -0.15) is 0 Å². The summed E-state index contributed by atoms with van der Waals surface area (Å²) in [5.41, 5.74) is 0. The number of likely N-dealkylation sites (N-methyl/N-ethyl adjacent to an activating group) is 1. The van der Waals surface area contributed by atoms with Crippen LogP contribution in [0.4, 0.5) is 0 Å². The van der Waals surface area contributed by atoms with Crippen molar-refractivity contribution in [2.24, 2.45) is 0 Å². The van der Waals surface area contributed by atoms with E-state index in [1.54, 1.807) is 0 Å². The van der Waals surface area contributed by atoms with Gasteiger partial charge in [-0.05, 0) is 31.4 Å². The molecule has 0 heterocycles. The second-order valence-corrected chi connectivity index (χ2v) is 8.18. The minimum absolute atomic E-state index is 0.202. The first-order valence-corrected chi connectivity index (χ1v) is 9.88. The Morgan fingerprint density at radius 2 is 1.50 bits per heavy atom. The average Bonchev–Trinajstić information content (AvgIpc) is 2.49. The first kappa shape index (κ1) is 21.1. The van der Waals surface area contributed by atoms with Gasteiger partial charge in [0.1, 0.15) is 18.9 Å². The molecule has 0 amide bonds. The van der Waals surface area contributed by atoms with Crippen molar-refractivity contribution in [3.63, 3.8) is 0 Å². The molecule has 0 aliphatic rings. The SMILES string of the molecule is C[N+](C)(C)CCOP(=O)(O)OCCCCCCOc1ccccc1. The smallest absolute Gasteiger partial charge is 0.472 e. The van der Waals surface area contributed by atoms with Gasteiger partial charge < -0.3 is 14.1 Å². The molecule has 0 bridgehead atoms. The van der Waals surface area contributed by atoms with Crippen LogP contribution < -0.4 is 4.74 Å². The number of ether oxygens (including phenoxy) is 1. The van der Waals surface area contributed by atoms with Crippen LogP contribution in [0.25, 0.3) is 0 Å². The predicted molar refractivity (Wildman–Crippen MR) is 95.0 cm³/mol. The van der Waals surface area contributed by atoms with Crippen molar-refractivity contribution in [3.05, 3.63) is 30.3 Å². The highest BCUT2D eigenvalue weighted by atomic mass is 31.2. The lowest BCUT2D eigenvalue weighted by molar-refractivity contribution is -0.870. The molecule has 1 aromatic carbocycles. The Morgan fingerprint density at radius 1 is 0.917 bits per heavy atom. The van der Waals surface area contributed by atoms with Gasteiger partial charge in [0.2, 0.25) is 0 Å². The Bertz CT molecular complexity index is 490. The standard InChI is InChI=1S/C17H30NO5P/c1-18(2,3)13-16-23-24(19,20)22-15-10-5-4-9-14-21-17-11-7-6-8-12-17/h6-8,11-12H,4-5,9-10,13-16H2,1-3H3/p+1. The molecule has 0 aromatic heterocycles. The maximum Gasteiger partial charge on any atom is 0.472 e. The second kappa shape index (κ2) is 10.9. The van der Waals surface area contributed by atoms with E-state index in [2.05, 4.69) is 0 Å². The largest absolute Gasteiger partial charge is 0.494 e. The van der Waals surface area contributed by atoms with Crippen molar-refractivity contribution in [3.8, 4) is 5.75 Å². The van der Waals surface area contributed by atoms with Crippen molar-refractivity contribution in [1.82, 2.24) is 0 Å². The Hall–Kier alpha value is -0.910. The molecule has 1 N–H and O–H groups in total. The van der Waals surface area contributed by atoms with E-state index in [9.17, 15) is 9.46 Å². The number of nitrogens with zero attached hydrogens (tertiary/aromatic N) is 1. The number of phosphoric ester groups is 1. The third-order valence-corrected chi connectivity index (χ3v) is 4.34. The first-order chi connectivity index (χ1) is 11.3. The Morgan fingerprint density at radius 3 is 2.12 bits per heavy atom. The van der Waals surface area contributed by atoms with Crippen LogP contribution in [0.15, 0.2) is 30.3 Å². The van der Waals surface area contributed by atoms with Crippen LogP contribution in [0.3, 0.4) is 0 Å². The van der Waals surface area contributed by atoms with E-state index in [1.807, 2.05) is 51.5 Å². The van der Waals surface area contributed by atoms with Crippen LogP contribution in [-0.2, 0) is 13.6 Å². The average molecular weight is 360 g/mol. The van der Waals surface area contributed by atoms with Gasteiger partial charge in [-0.3, -0.25) is 9.05 Å². The van der Waals surface area contributed by atoms with E-state index in [0.717, 1.165) is 31.4 Å². The molecule has 0 aliphatic carbocycles. The van der Waals surface area contributed by atoms with Gasteiger partial charge in [0.25, 0.3) is 0 Å². The summed E-state index contributed by atoms with van der Waals surface area (Å²) in [5, 5.41) is 0. The topological polar surface area (TPSA) is 65.0 Å². The number of benzene rings is 1. The van der Waals surface area contributed by atoms with E-state index < -0.39 is 7.82 Å². The highest BCUT2D eigenvalue weighted by Crippen LogP contribution is 2.43. The summed E-state index contributed by atoms with van der Waals surface area (Å²) in [5.74, 6) is 0.882. The van der Waals surface area contributed by atoms with Gasteiger partial charge in [-0.1, -0.05) is 24.6 Å². The molecule has 1 aromatic rings. The van der Waals surface area contributed by atoms with Crippen molar-refractivity contribution in [2.75, 3.05) is 47.5 Å². The lowest BCUT2D eigenvalue weighted by Gasteiger charge is -2.24. The maximum absolute atomic E-state index is 11.7. The molecule has 7 heteroatoms. The molecule has 1 unspecified atom stereocenters. The van der Waals surface area contributed by atoms with Crippen molar-refractivity contribution < 1.29 is 27.7 Å². The summed E-state index contributed by atoms with van der Waals surface area (Å²) < 4.78 is 27.9. The second-order valence-electron chi connectivity index (χ2n) is 6.72. The molecule has 1 rings (SSSR count). The van der Waals surface area contributed by atoms with E-state index in [4.69, 9.17) is 13.8 Å². The van der Waals surface area contributed by atoms with Gasteiger partial charge in [0, 0.05) is 0 Å². The van der Waals surface area contributed by atoms with Crippen LogP contribution >= 0.6 is 7.82 Å². The monoisotopic (exact) mass is 360 g/mol. The van der Waals surface area contributed by atoms with Crippen LogP contribution in [0.2, 0.25) is 0 Å². The van der Waals surface area contributed by atoms with E-state index in [0.29, 0.717) is 17.6 Å². The number of phosphoric acid groups is 1. The summed E-state index contributed by atoms with van der Waals surface area (Å²) in [6.45, 7) is 1.76. The number of hydrogen-bond acceptors (Lipinski definition) is 4. The number of para-hydroxylation sites is 1. The van der Waals surface area contributed by atoms with E-state index in [-0.39, 0.29) is 13.2 Å². The highest BCUT2D eigenvalue weighted by Gasteiger charge is 2.21. The van der Waals surface area contributed by atoms with E-state index >= 15 is 0 Å². The molecule has 138 valence electrons. The van der Waals surface area contributed by atoms with Crippen LogP contribution in [-0.4, -0.2) is 56.9 Å². The summed E-state index contributed by atoms with van der Waals surface area (Å²) in [6.07, 6.45) is 3.60. The summed E-state index contributed by atoms with van der Waals surface area (Å²) >= 11 is 0. The van der Waals surface area contributed by atoms with Gasteiger partial charge in [-0.15, -0.1) is 0 Å². The lowest BCUT2D eigenvalue weighted by atomic mass is 10.2. The third-order valence-electron chi connectivity index (χ3n) is 3.32. The molecule has 0 radical (unpaired) electrons. The quantitative estimate of drug-likeness (QED) is 0.331. The molecular weight excluding hydrogens is 329 g/mol. The molecular formula is C17H31NO5P+. The molecule has 1 atom stereocenters. The van der Waals surface area contributed by atoms with Crippen molar-refractivity contribution in [1.29, 1.82) is 0 Å². The van der Waals surface area contributed by atoms with Crippen molar-refractivity contribution >= 4 is 7.82 Å². The molecule has 0 spiro atoms. The molecule has 0 saturated heterocycles. The third kappa shape index (κ3) is 11.6. The molecule has 24 heavy (non-hydrogen) atoms. The fourth-order valence-corrected chi connectivity index (χ4v) is 2.66. The Kier molecular flexibility index (Phi) is 9.56. The highest BCUT2D eigenvalue weighted by molar-refractivity contribution is 7.47. The van der Waals surface area contributed by atoms with Crippen molar-refractivity contribution in [2.45, 2.75) is 25.7 Å². The minimum Gasteiger partial charge on any atom is -0.494 e. The molecule has 6 nitrogen and oxygen atoms in total. The minimum atomic E-state index is -3.91. The first-order valence-electron chi connectivity index (χ1n) is 8.39. The molecule has 0 aliphatic heterocycles. The normalized spacial score (nSPS) is 14.3. The summed E-state index contributed by atoms with van der Waals surface area (Å²) in [4.78, 5) is 9.56. The number of quaternary nitrogens is 1. The zero-order valence-corrected chi connectivity index (χ0v) is 15.9. The van der Waals surface area contributed by atoms with E-state index in [1.165, 1.54) is 0 Å². The fraction of sp³-hybridized carbons (Fsp3) is 0.647. The Balaban J connectivity index is 1.98. The van der Waals surface area contributed by atoms with Gasteiger partial charge in [-0.25, -0.2) is 4.57 Å². The van der Waals surface area contributed by atoms with Gasteiger partial charge >= 0.3 is 7.82 Å². The zero-order chi connectivity index (χ0) is 17.9. The summed E-state index contributed by atoms with van der Waals surface area (Å²) in [7, 11) is 2.07. The maximum atomic E-state index is 11.7. The number of rotatable bonds is 13. The predicted octanol–water partition coefficient (Wildman–Crippen LogP) is 3.47. The molecule has 0 saturated carbocycles. The molecule has 0 fully saturated rings. The number of hydrogen-bond donors (Lipinski definition) is 1. The van der Waals surface area contributed by atoms with Gasteiger partial charge in [0.05, 0.1) is 34.4 Å². The zero-order valence-electron chi connectivity index (χ0n) is 15.0. The number of unbranched alkanes of at least 4 members (excludes halogenated alkanes) is 3. The van der Waals surface area contributed by atoms with Crippen LogP contribution in [0.1, 0.15) is 25.7 Å². The summed E-state index contributed by atoms with van der Waals surface area (Å²) in [6, 6.07) is 9.72.